The summed E-state index contributed by atoms with van der Waals surface area (Å²) < 4.78 is 6.03. The molecular weight excluding hydrogens is 332 g/mol. The van der Waals surface area contributed by atoms with Gasteiger partial charge in [-0.05, 0) is 31.2 Å². The molecule has 2 heterocycles. The number of aromatic nitrogens is 1. The van der Waals surface area contributed by atoms with E-state index in [9.17, 15) is 9.59 Å². The van der Waals surface area contributed by atoms with Crippen molar-refractivity contribution in [1.29, 1.82) is 0 Å². The highest BCUT2D eigenvalue weighted by Gasteiger charge is 2.26. The summed E-state index contributed by atoms with van der Waals surface area (Å²) in [5, 5.41) is 5.77. The van der Waals surface area contributed by atoms with E-state index in [2.05, 4.69) is 20.5 Å². The molecule has 1 aromatic heterocycles. The standard InChI is InChI=1S/C19H28N4O3/c1-14(24)21-11-16-9-17(5-7-20-16)26-18-6-8-23(12-18)13-19(25)22-10-15-3-2-4-15/h5,7,9,15,18H,2-4,6,8,10-13H2,1H3,(H,21,24)(H,22,25). The predicted molar refractivity (Wildman–Crippen MR) is 97.6 cm³/mol. The maximum atomic E-state index is 12.0. The van der Waals surface area contributed by atoms with E-state index in [1.54, 1.807) is 6.20 Å². The molecule has 1 atom stereocenters. The van der Waals surface area contributed by atoms with Crippen molar-refractivity contribution < 1.29 is 14.3 Å². The largest absolute Gasteiger partial charge is 0.489 e. The zero-order chi connectivity index (χ0) is 18.4. The predicted octanol–water partition coefficient (Wildman–Crippen LogP) is 1.09. The molecule has 0 radical (unpaired) electrons. The van der Waals surface area contributed by atoms with Gasteiger partial charge in [0.15, 0.2) is 0 Å². The molecule has 2 N–H and O–H groups in total. The quantitative estimate of drug-likeness (QED) is 0.725. The number of nitrogens with zero attached hydrogens (tertiary/aromatic N) is 2. The van der Waals surface area contributed by atoms with Gasteiger partial charge in [-0.25, -0.2) is 0 Å². The highest BCUT2D eigenvalue weighted by Crippen LogP contribution is 2.25. The summed E-state index contributed by atoms with van der Waals surface area (Å²) in [6.45, 7) is 4.75. The van der Waals surface area contributed by atoms with Crippen molar-refractivity contribution in [2.24, 2.45) is 5.92 Å². The number of pyridine rings is 1. The van der Waals surface area contributed by atoms with E-state index in [-0.39, 0.29) is 17.9 Å². The fourth-order valence-corrected chi connectivity index (χ4v) is 3.28. The molecule has 142 valence electrons. The Labute approximate surface area is 154 Å². The topological polar surface area (TPSA) is 83.6 Å². The Hall–Kier alpha value is -2.15. The number of ether oxygens (including phenoxy) is 1. The fraction of sp³-hybridized carbons (Fsp3) is 0.632. The van der Waals surface area contributed by atoms with Crippen molar-refractivity contribution in [3.05, 3.63) is 24.0 Å². The number of amides is 2. The van der Waals surface area contributed by atoms with Crippen molar-refractivity contribution >= 4 is 11.8 Å². The highest BCUT2D eigenvalue weighted by atomic mass is 16.5. The van der Waals surface area contributed by atoms with Gasteiger partial charge in [-0.3, -0.25) is 19.5 Å². The zero-order valence-electron chi connectivity index (χ0n) is 15.4. The van der Waals surface area contributed by atoms with Gasteiger partial charge in [0.1, 0.15) is 11.9 Å². The summed E-state index contributed by atoms with van der Waals surface area (Å²) in [5.41, 5.74) is 0.767. The van der Waals surface area contributed by atoms with Gasteiger partial charge >= 0.3 is 0 Å². The van der Waals surface area contributed by atoms with Crippen molar-refractivity contribution in [3.8, 4) is 5.75 Å². The number of rotatable bonds is 8. The molecular formula is C19H28N4O3. The van der Waals surface area contributed by atoms with Gasteiger partial charge in [0.25, 0.3) is 0 Å². The van der Waals surface area contributed by atoms with Crippen LogP contribution in [0.25, 0.3) is 0 Å². The maximum absolute atomic E-state index is 12.0. The number of carbonyl (C=O) groups is 2. The Balaban J connectivity index is 1.40. The van der Waals surface area contributed by atoms with Crippen LogP contribution in [0.5, 0.6) is 5.75 Å². The molecule has 2 aliphatic rings. The molecule has 1 aliphatic heterocycles. The summed E-state index contributed by atoms with van der Waals surface area (Å²) in [7, 11) is 0. The van der Waals surface area contributed by atoms with Crippen LogP contribution in [0.4, 0.5) is 0 Å². The van der Waals surface area contributed by atoms with Gasteiger partial charge in [-0.2, -0.15) is 0 Å². The van der Waals surface area contributed by atoms with E-state index >= 15 is 0 Å². The molecule has 1 aliphatic carbocycles. The second-order valence-electron chi connectivity index (χ2n) is 7.26. The van der Waals surface area contributed by atoms with Crippen LogP contribution in [0.3, 0.4) is 0 Å². The first-order chi connectivity index (χ1) is 12.6. The Morgan fingerprint density at radius 3 is 2.88 bits per heavy atom. The van der Waals surface area contributed by atoms with E-state index in [0.717, 1.165) is 37.5 Å². The molecule has 2 fully saturated rings. The van der Waals surface area contributed by atoms with Gasteiger partial charge in [-0.15, -0.1) is 0 Å². The summed E-state index contributed by atoms with van der Waals surface area (Å²) >= 11 is 0. The van der Waals surface area contributed by atoms with Gasteiger partial charge in [0, 0.05) is 38.8 Å². The van der Waals surface area contributed by atoms with Crippen molar-refractivity contribution in [2.45, 2.75) is 45.3 Å². The second kappa shape index (κ2) is 8.98. The molecule has 0 aromatic carbocycles. The second-order valence-corrected chi connectivity index (χ2v) is 7.26. The van der Waals surface area contributed by atoms with Crippen LogP contribution in [0, 0.1) is 5.92 Å². The SMILES string of the molecule is CC(=O)NCc1cc(OC2CCN(CC(=O)NCC3CCC3)C2)ccn1. The van der Waals surface area contributed by atoms with Crippen LogP contribution in [0.1, 0.15) is 38.3 Å². The lowest BCUT2D eigenvalue weighted by atomic mass is 9.85. The molecule has 1 unspecified atom stereocenters. The molecule has 1 saturated heterocycles. The maximum Gasteiger partial charge on any atom is 0.234 e. The average Bonchev–Trinajstić information content (AvgIpc) is 2.98. The molecule has 7 nitrogen and oxygen atoms in total. The Bertz CT molecular complexity index is 633. The Morgan fingerprint density at radius 2 is 2.15 bits per heavy atom. The minimum absolute atomic E-state index is 0.0745. The van der Waals surface area contributed by atoms with E-state index in [0.29, 0.717) is 19.0 Å². The van der Waals surface area contributed by atoms with Gasteiger partial charge in [0.2, 0.25) is 11.8 Å². The summed E-state index contributed by atoms with van der Waals surface area (Å²) in [4.78, 5) is 29.4. The first kappa shape index (κ1) is 18.6. The minimum atomic E-state index is -0.0832. The fourth-order valence-electron chi connectivity index (χ4n) is 3.28. The molecule has 0 bridgehead atoms. The Kier molecular flexibility index (Phi) is 6.44. The number of hydrogen-bond donors (Lipinski definition) is 2. The van der Waals surface area contributed by atoms with Crippen LogP contribution in [0.2, 0.25) is 0 Å². The number of carbonyl (C=O) groups excluding carboxylic acids is 2. The smallest absolute Gasteiger partial charge is 0.234 e. The summed E-state index contributed by atoms with van der Waals surface area (Å²) in [6, 6.07) is 3.68. The van der Waals surface area contributed by atoms with Crippen LogP contribution in [-0.2, 0) is 16.1 Å². The van der Waals surface area contributed by atoms with E-state index in [4.69, 9.17) is 4.74 Å². The highest BCUT2D eigenvalue weighted by molar-refractivity contribution is 5.78. The van der Waals surface area contributed by atoms with Crippen molar-refractivity contribution in [1.82, 2.24) is 20.5 Å². The molecule has 3 rings (SSSR count). The lowest BCUT2D eigenvalue weighted by Crippen LogP contribution is -2.39. The van der Waals surface area contributed by atoms with Crippen LogP contribution in [-0.4, -0.2) is 54.0 Å². The summed E-state index contributed by atoms with van der Waals surface area (Å²) in [6.07, 6.45) is 6.45. The van der Waals surface area contributed by atoms with Gasteiger partial charge in [-0.1, -0.05) is 6.42 Å². The molecule has 1 aromatic rings. The van der Waals surface area contributed by atoms with E-state index < -0.39 is 0 Å². The molecule has 1 saturated carbocycles. The van der Waals surface area contributed by atoms with Crippen LogP contribution >= 0.6 is 0 Å². The zero-order valence-corrected chi connectivity index (χ0v) is 15.4. The number of hydrogen-bond acceptors (Lipinski definition) is 5. The monoisotopic (exact) mass is 360 g/mol. The normalized spacial score (nSPS) is 20.4. The first-order valence-electron chi connectivity index (χ1n) is 9.43. The van der Waals surface area contributed by atoms with E-state index in [1.165, 1.54) is 26.2 Å². The lowest BCUT2D eigenvalue weighted by molar-refractivity contribution is -0.122. The number of nitrogens with one attached hydrogen (secondary N) is 2. The molecule has 2 amide bonds. The average molecular weight is 360 g/mol. The first-order valence-corrected chi connectivity index (χ1v) is 9.43. The van der Waals surface area contributed by atoms with Gasteiger partial charge in [0.05, 0.1) is 18.8 Å². The van der Waals surface area contributed by atoms with Gasteiger partial charge < -0.3 is 15.4 Å². The van der Waals surface area contributed by atoms with Crippen molar-refractivity contribution in [3.63, 3.8) is 0 Å². The molecule has 26 heavy (non-hydrogen) atoms. The Morgan fingerprint density at radius 1 is 1.31 bits per heavy atom. The molecule has 0 spiro atoms. The third-order valence-corrected chi connectivity index (χ3v) is 5.02. The number of likely N-dealkylation sites (tertiary alicyclic amines) is 1. The third kappa shape index (κ3) is 5.69. The van der Waals surface area contributed by atoms with Crippen LogP contribution in [0.15, 0.2) is 18.3 Å². The van der Waals surface area contributed by atoms with Crippen LogP contribution < -0.4 is 15.4 Å². The minimum Gasteiger partial charge on any atom is -0.489 e. The molecule has 7 heteroatoms. The third-order valence-electron chi connectivity index (χ3n) is 5.02. The van der Waals surface area contributed by atoms with Crippen molar-refractivity contribution in [2.75, 3.05) is 26.2 Å². The van der Waals surface area contributed by atoms with E-state index in [1.807, 2.05) is 12.1 Å². The summed E-state index contributed by atoms with van der Waals surface area (Å²) in [5.74, 6) is 1.47. The lowest BCUT2D eigenvalue weighted by Gasteiger charge is -2.25.